The van der Waals surface area contributed by atoms with Crippen LogP contribution in [0, 0.1) is 11.8 Å². The largest absolute Gasteiger partial charge is 0.490 e. The second kappa shape index (κ2) is 11.6. The quantitative estimate of drug-likeness (QED) is 0.319. The van der Waals surface area contributed by atoms with Gasteiger partial charge >= 0.3 is 12.4 Å². The molecule has 1 amide bonds. The molecule has 0 spiro atoms. The number of hydrogen-bond donors (Lipinski definition) is 2. The Bertz CT molecular complexity index is 1350. The van der Waals surface area contributed by atoms with Crippen LogP contribution < -0.4 is 20.5 Å². The highest BCUT2D eigenvalue weighted by atomic mass is 19.4. The zero-order chi connectivity index (χ0) is 29.1. The fraction of sp³-hybridized carbons (Fsp3) is 0.500. The lowest BCUT2D eigenvalue weighted by atomic mass is 10.1. The van der Waals surface area contributed by atoms with E-state index < -0.39 is 46.7 Å². The van der Waals surface area contributed by atoms with Crippen LogP contribution in [0.3, 0.4) is 0 Å². The number of rotatable bonds is 5. The molecular weight excluding hydrogens is 550 g/mol. The first-order valence-corrected chi connectivity index (χ1v) is 12.1. The molecule has 0 radical (unpaired) electrons. The van der Waals surface area contributed by atoms with E-state index >= 15 is 0 Å². The molecule has 2 aliphatic heterocycles. The van der Waals surface area contributed by atoms with Crippen LogP contribution >= 0.6 is 0 Å². The SMILES string of the molecule is C[C@@H](COCC#CC(=O)N1CCN2c3ncc(C(F)(F)F)cc3OCCC2C1)Nc1cn[nH]c(=O)c1C(F)(F)F. The van der Waals surface area contributed by atoms with E-state index in [0.717, 1.165) is 18.5 Å². The third-order valence-electron chi connectivity index (χ3n) is 6.19. The normalized spacial score (nSPS) is 17.9. The van der Waals surface area contributed by atoms with Crippen molar-refractivity contribution in [3.63, 3.8) is 0 Å². The Balaban J connectivity index is 1.28. The van der Waals surface area contributed by atoms with E-state index in [2.05, 4.69) is 27.2 Å². The summed E-state index contributed by atoms with van der Waals surface area (Å²) in [6.45, 7) is 2.30. The Morgan fingerprint density at radius 1 is 1.25 bits per heavy atom. The number of nitrogens with one attached hydrogen (secondary N) is 2. The number of H-pyrrole nitrogens is 1. The Kier molecular flexibility index (Phi) is 8.43. The Hall–Kier alpha value is -4.00. The van der Waals surface area contributed by atoms with Crippen molar-refractivity contribution < 1.29 is 40.6 Å². The molecule has 0 bridgehead atoms. The number of halogens is 6. The van der Waals surface area contributed by atoms with Crippen molar-refractivity contribution in [1.29, 1.82) is 0 Å². The maximum absolute atomic E-state index is 13.1. The van der Waals surface area contributed by atoms with E-state index in [1.54, 1.807) is 5.10 Å². The lowest BCUT2D eigenvalue weighted by Gasteiger charge is -2.40. The van der Waals surface area contributed by atoms with Gasteiger partial charge in [0.15, 0.2) is 11.6 Å². The highest BCUT2D eigenvalue weighted by Gasteiger charge is 2.38. The van der Waals surface area contributed by atoms with Gasteiger partial charge in [-0.2, -0.15) is 31.4 Å². The number of fused-ring (bicyclic) bond motifs is 3. The van der Waals surface area contributed by atoms with Gasteiger partial charge in [0, 0.05) is 38.3 Å². The molecule has 1 fully saturated rings. The monoisotopic (exact) mass is 574 g/mol. The molecule has 1 saturated heterocycles. The minimum atomic E-state index is -4.88. The molecule has 1 unspecified atom stereocenters. The van der Waals surface area contributed by atoms with Crippen LogP contribution in [0.15, 0.2) is 23.3 Å². The van der Waals surface area contributed by atoms with Gasteiger partial charge in [-0.25, -0.2) is 10.1 Å². The number of anilines is 2. The molecule has 2 N–H and O–H groups in total. The molecule has 10 nitrogen and oxygen atoms in total. The first kappa shape index (κ1) is 29.0. The van der Waals surface area contributed by atoms with Crippen molar-refractivity contribution in [3.05, 3.63) is 39.9 Å². The zero-order valence-electron chi connectivity index (χ0n) is 21.0. The van der Waals surface area contributed by atoms with Gasteiger partial charge in [0.1, 0.15) is 12.2 Å². The summed E-state index contributed by atoms with van der Waals surface area (Å²) in [6, 6.07) is 0.0568. The molecule has 4 heterocycles. The maximum Gasteiger partial charge on any atom is 0.423 e. The fourth-order valence-electron chi connectivity index (χ4n) is 4.36. The molecule has 2 aromatic rings. The predicted octanol–water partition coefficient (Wildman–Crippen LogP) is 2.52. The zero-order valence-corrected chi connectivity index (χ0v) is 21.0. The van der Waals surface area contributed by atoms with Crippen molar-refractivity contribution >= 4 is 17.4 Å². The summed E-state index contributed by atoms with van der Waals surface area (Å²) in [5.74, 6) is 4.91. The smallest absolute Gasteiger partial charge is 0.423 e. The van der Waals surface area contributed by atoms with Gasteiger partial charge < -0.3 is 24.6 Å². The summed E-state index contributed by atoms with van der Waals surface area (Å²) < 4.78 is 89.4. The minimum absolute atomic E-state index is 0.0442. The standard InChI is InChI=1S/C24H24F6N6O4/c1-14(33-17-11-32-34-22(38)20(17)24(28,29)30)13-39-7-2-3-19(37)35-5-6-36-16(12-35)4-8-40-18-9-15(23(25,26)27)10-31-21(18)36/h9-11,14,16H,4-8,12-13H2,1H3,(H2,33,34,38)/t14-,16?/m0/s1. The maximum atomic E-state index is 13.1. The number of carbonyl (C=O) groups is 1. The lowest BCUT2D eigenvalue weighted by molar-refractivity contribution is -0.138. The molecule has 0 aromatic carbocycles. The topological polar surface area (TPSA) is 113 Å². The van der Waals surface area contributed by atoms with Crippen LogP contribution in [0.1, 0.15) is 24.5 Å². The summed E-state index contributed by atoms with van der Waals surface area (Å²) in [5, 5.41) is 7.66. The number of nitrogens with zero attached hydrogens (tertiary/aromatic N) is 4. The highest BCUT2D eigenvalue weighted by Crippen LogP contribution is 2.38. The first-order valence-electron chi connectivity index (χ1n) is 12.1. The molecule has 0 saturated carbocycles. The second-order valence-electron chi connectivity index (χ2n) is 9.13. The molecule has 4 rings (SSSR count). The molecule has 2 aliphatic rings. The van der Waals surface area contributed by atoms with E-state index in [9.17, 15) is 35.9 Å². The van der Waals surface area contributed by atoms with Gasteiger partial charge in [0.05, 0.1) is 36.7 Å². The number of piperazine rings is 1. The van der Waals surface area contributed by atoms with Gasteiger partial charge in [-0.05, 0) is 18.9 Å². The number of alkyl halides is 6. The number of hydrogen-bond acceptors (Lipinski definition) is 8. The van der Waals surface area contributed by atoms with E-state index in [1.165, 1.54) is 11.8 Å². The number of ether oxygens (including phenoxy) is 2. The van der Waals surface area contributed by atoms with E-state index in [4.69, 9.17) is 9.47 Å². The van der Waals surface area contributed by atoms with Gasteiger partial charge in [0.2, 0.25) is 0 Å². The second-order valence-corrected chi connectivity index (χ2v) is 9.13. The molecule has 16 heteroatoms. The third-order valence-corrected chi connectivity index (χ3v) is 6.19. The van der Waals surface area contributed by atoms with E-state index in [-0.39, 0.29) is 44.7 Å². The van der Waals surface area contributed by atoms with Crippen molar-refractivity contribution in [2.24, 2.45) is 0 Å². The Morgan fingerprint density at radius 3 is 2.75 bits per heavy atom. The third kappa shape index (κ3) is 6.76. The van der Waals surface area contributed by atoms with E-state index in [0.29, 0.717) is 18.8 Å². The summed E-state index contributed by atoms with van der Waals surface area (Å²) in [6.07, 6.45) is -7.35. The van der Waals surface area contributed by atoms with Crippen molar-refractivity contribution in [2.75, 3.05) is 49.7 Å². The van der Waals surface area contributed by atoms with Crippen molar-refractivity contribution in [2.45, 2.75) is 37.8 Å². The average molecular weight is 574 g/mol. The van der Waals surface area contributed by atoms with Crippen molar-refractivity contribution in [1.82, 2.24) is 20.1 Å². The van der Waals surface area contributed by atoms with Crippen LogP contribution in [-0.2, 0) is 21.9 Å². The molecule has 2 aromatic heterocycles. The Morgan fingerprint density at radius 2 is 2.02 bits per heavy atom. The summed E-state index contributed by atoms with van der Waals surface area (Å²) in [7, 11) is 0. The number of aromatic nitrogens is 3. The number of amides is 1. The first-order chi connectivity index (χ1) is 18.8. The van der Waals surface area contributed by atoms with Gasteiger partial charge in [-0.15, -0.1) is 0 Å². The lowest BCUT2D eigenvalue weighted by Crippen LogP contribution is -2.54. The predicted molar refractivity (Wildman–Crippen MR) is 129 cm³/mol. The fourth-order valence-corrected chi connectivity index (χ4v) is 4.36. The minimum Gasteiger partial charge on any atom is -0.490 e. The molecule has 40 heavy (non-hydrogen) atoms. The molecule has 2 atom stereocenters. The number of aromatic amines is 1. The Labute approximate surface area is 223 Å². The summed E-state index contributed by atoms with van der Waals surface area (Å²) in [4.78, 5) is 31.5. The molecular formula is C24H24F6N6O4. The highest BCUT2D eigenvalue weighted by molar-refractivity contribution is 5.93. The van der Waals surface area contributed by atoms with Crippen LogP contribution in [0.2, 0.25) is 0 Å². The van der Waals surface area contributed by atoms with Gasteiger partial charge in [0.25, 0.3) is 11.5 Å². The van der Waals surface area contributed by atoms with Crippen LogP contribution in [0.4, 0.5) is 37.8 Å². The van der Waals surface area contributed by atoms with Crippen LogP contribution in [-0.4, -0.2) is 77.5 Å². The van der Waals surface area contributed by atoms with Gasteiger partial charge in [-0.3, -0.25) is 9.59 Å². The number of pyridine rings is 1. The van der Waals surface area contributed by atoms with E-state index in [1.807, 2.05) is 4.90 Å². The number of carbonyl (C=O) groups excluding carboxylic acids is 1. The van der Waals surface area contributed by atoms with Crippen molar-refractivity contribution in [3.8, 4) is 17.6 Å². The summed E-state index contributed by atoms with van der Waals surface area (Å²) in [5.41, 5.74) is -4.16. The molecule has 216 valence electrons. The summed E-state index contributed by atoms with van der Waals surface area (Å²) >= 11 is 0. The average Bonchev–Trinajstić information content (AvgIpc) is 3.05. The van der Waals surface area contributed by atoms with Crippen LogP contribution in [0.25, 0.3) is 0 Å². The molecule has 0 aliphatic carbocycles. The van der Waals surface area contributed by atoms with Crippen LogP contribution in [0.5, 0.6) is 5.75 Å². The van der Waals surface area contributed by atoms with Gasteiger partial charge in [-0.1, -0.05) is 5.92 Å².